The van der Waals surface area contributed by atoms with Crippen LogP contribution in [0, 0.1) is 0 Å². The Morgan fingerprint density at radius 1 is 1.41 bits per heavy atom. The molecule has 0 spiro atoms. The second-order valence-corrected chi connectivity index (χ2v) is 3.99. The molecule has 0 saturated heterocycles. The molecule has 0 aliphatic rings. The Labute approximate surface area is 100 Å². The van der Waals surface area contributed by atoms with Gasteiger partial charge in [-0.1, -0.05) is 6.07 Å². The number of nitrogens with one attached hydrogen (secondary N) is 1. The Morgan fingerprint density at radius 2 is 2.24 bits per heavy atom. The van der Waals surface area contributed by atoms with E-state index in [-0.39, 0.29) is 5.91 Å². The van der Waals surface area contributed by atoms with Crippen molar-refractivity contribution in [2.75, 3.05) is 12.3 Å². The lowest BCUT2D eigenvalue weighted by atomic mass is 10.2. The van der Waals surface area contributed by atoms with Crippen LogP contribution in [0.5, 0.6) is 0 Å². The van der Waals surface area contributed by atoms with Crippen molar-refractivity contribution in [3.8, 4) is 0 Å². The predicted octanol–water partition coefficient (Wildman–Crippen LogP) is 1.75. The van der Waals surface area contributed by atoms with E-state index in [4.69, 9.17) is 5.73 Å². The largest absolute Gasteiger partial charge is 0.398 e. The van der Waals surface area contributed by atoms with Crippen molar-refractivity contribution in [2.45, 2.75) is 19.9 Å². The second-order valence-electron chi connectivity index (χ2n) is 3.99. The van der Waals surface area contributed by atoms with Crippen LogP contribution in [0.1, 0.15) is 13.3 Å². The Balaban J connectivity index is 2.14. The molecule has 0 saturated carbocycles. The van der Waals surface area contributed by atoms with Crippen molar-refractivity contribution in [3.63, 3.8) is 0 Å². The molecule has 0 fully saturated rings. The highest BCUT2D eigenvalue weighted by molar-refractivity contribution is 5.91. The van der Waals surface area contributed by atoms with E-state index in [9.17, 15) is 4.79 Å². The van der Waals surface area contributed by atoms with Gasteiger partial charge in [0.25, 0.3) is 0 Å². The molecule has 0 unspecified atom stereocenters. The molecule has 17 heavy (non-hydrogen) atoms. The highest BCUT2D eigenvalue weighted by Crippen LogP contribution is 2.21. The summed E-state index contributed by atoms with van der Waals surface area (Å²) in [6.07, 6.45) is 2.46. The van der Waals surface area contributed by atoms with Gasteiger partial charge in [-0.25, -0.2) is 0 Å². The first-order chi connectivity index (χ1) is 8.22. The van der Waals surface area contributed by atoms with E-state index in [1.165, 1.54) is 0 Å². The first kappa shape index (κ1) is 11.5. The highest BCUT2D eigenvalue weighted by Gasteiger charge is 2.05. The summed E-state index contributed by atoms with van der Waals surface area (Å²) in [6, 6.07) is 7.82. The van der Waals surface area contributed by atoms with Crippen LogP contribution in [0.4, 0.5) is 5.69 Å². The van der Waals surface area contributed by atoms with Gasteiger partial charge in [-0.05, 0) is 25.1 Å². The normalized spacial score (nSPS) is 10.6. The Kier molecular flexibility index (Phi) is 3.32. The third kappa shape index (κ3) is 2.41. The summed E-state index contributed by atoms with van der Waals surface area (Å²) in [5.41, 5.74) is 7.74. The molecule has 90 valence electrons. The smallest absolute Gasteiger partial charge is 0.221 e. The number of anilines is 1. The predicted molar refractivity (Wildman–Crippen MR) is 69.7 cm³/mol. The molecule has 3 N–H and O–H groups in total. The lowest BCUT2D eigenvalue weighted by Gasteiger charge is -2.06. The fourth-order valence-corrected chi connectivity index (χ4v) is 1.95. The van der Waals surface area contributed by atoms with Crippen LogP contribution in [0.2, 0.25) is 0 Å². The van der Waals surface area contributed by atoms with Gasteiger partial charge in [0, 0.05) is 36.8 Å². The van der Waals surface area contributed by atoms with Crippen LogP contribution in [0.25, 0.3) is 10.9 Å². The van der Waals surface area contributed by atoms with E-state index in [0.29, 0.717) is 19.5 Å². The van der Waals surface area contributed by atoms with Crippen LogP contribution in [0.15, 0.2) is 30.5 Å². The summed E-state index contributed by atoms with van der Waals surface area (Å²) >= 11 is 0. The summed E-state index contributed by atoms with van der Waals surface area (Å²) < 4.78 is 2.06. The first-order valence-electron chi connectivity index (χ1n) is 5.82. The zero-order valence-electron chi connectivity index (χ0n) is 9.94. The molecule has 1 heterocycles. The zero-order chi connectivity index (χ0) is 12.3. The van der Waals surface area contributed by atoms with Gasteiger partial charge in [0.05, 0.1) is 5.52 Å². The third-order valence-electron chi connectivity index (χ3n) is 2.80. The van der Waals surface area contributed by atoms with Crippen LogP contribution < -0.4 is 11.1 Å². The summed E-state index contributed by atoms with van der Waals surface area (Å²) in [5.74, 6) is 0.0817. The number of amides is 1. The fourth-order valence-electron chi connectivity index (χ4n) is 1.95. The van der Waals surface area contributed by atoms with Gasteiger partial charge in [0.2, 0.25) is 5.91 Å². The van der Waals surface area contributed by atoms with Crippen molar-refractivity contribution in [3.05, 3.63) is 30.5 Å². The van der Waals surface area contributed by atoms with Gasteiger partial charge in [0.1, 0.15) is 0 Å². The average Bonchev–Trinajstić information content (AvgIpc) is 2.72. The molecular weight excluding hydrogens is 214 g/mol. The van der Waals surface area contributed by atoms with Gasteiger partial charge in [-0.3, -0.25) is 4.79 Å². The van der Waals surface area contributed by atoms with Crippen LogP contribution in [-0.2, 0) is 11.3 Å². The molecule has 4 heteroatoms. The number of aromatic nitrogens is 1. The van der Waals surface area contributed by atoms with E-state index < -0.39 is 0 Å². The number of carbonyl (C=O) groups is 1. The maximum atomic E-state index is 11.4. The van der Waals surface area contributed by atoms with Crippen LogP contribution in [-0.4, -0.2) is 17.0 Å². The van der Waals surface area contributed by atoms with Crippen molar-refractivity contribution in [2.24, 2.45) is 0 Å². The van der Waals surface area contributed by atoms with Gasteiger partial charge in [-0.15, -0.1) is 0 Å². The minimum atomic E-state index is 0.0817. The number of fused-ring (bicyclic) bond motifs is 1. The number of benzene rings is 1. The Hall–Kier alpha value is -1.97. The molecule has 0 radical (unpaired) electrons. The van der Waals surface area contributed by atoms with E-state index >= 15 is 0 Å². The summed E-state index contributed by atoms with van der Waals surface area (Å²) in [4.78, 5) is 11.4. The third-order valence-corrected chi connectivity index (χ3v) is 2.80. The zero-order valence-corrected chi connectivity index (χ0v) is 9.94. The molecule has 2 rings (SSSR count). The number of hydrogen-bond donors (Lipinski definition) is 2. The number of hydrogen-bond acceptors (Lipinski definition) is 2. The van der Waals surface area contributed by atoms with E-state index in [1.54, 1.807) is 0 Å². The maximum absolute atomic E-state index is 11.4. The number of rotatable bonds is 4. The summed E-state index contributed by atoms with van der Waals surface area (Å²) in [6.45, 7) is 3.28. The highest BCUT2D eigenvalue weighted by atomic mass is 16.1. The Morgan fingerprint density at radius 3 is 3.00 bits per heavy atom. The van der Waals surface area contributed by atoms with Crippen molar-refractivity contribution < 1.29 is 4.79 Å². The number of aryl methyl sites for hydroxylation is 1. The molecule has 0 bridgehead atoms. The molecule has 0 aliphatic heterocycles. The van der Waals surface area contributed by atoms with Crippen molar-refractivity contribution >= 4 is 22.5 Å². The molecule has 4 nitrogen and oxygen atoms in total. The van der Waals surface area contributed by atoms with Gasteiger partial charge < -0.3 is 15.6 Å². The number of carbonyl (C=O) groups excluding carboxylic acids is 1. The molecule has 2 aromatic rings. The van der Waals surface area contributed by atoms with Crippen molar-refractivity contribution in [1.29, 1.82) is 0 Å². The van der Waals surface area contributed by atoms with Gasteiger partial charge in [0.15, 0.2) is 0 Å². The lowest BCUT2D eigenvalue weighted by molar-refractivity contribution is -0.121. The standard InChI is InChI=1S/C13H17N3O/c1-2-15-13(17)7-9-16-8-6-10-11(14)4-3-5-12(10)16/h3-6,8H,2,7,9,14H2,1H3,(H,15,17). The van der Waals surface area contributed by atoms with Crippen molar-refractivity contribution in [1.82, 2.24) is 9.88 Å². The van der Waals surface area contributed by atoms with E-state index in [0.717, 1.165) is 16.6 Å². The minimum Gasteiger partial charge on any atom is -0.398 e. The molecular formula is C13H17N3O. The monoisotopic (exact) mass is 231 g/mol. The fraction of sp³-hybridized carbons (Fsp3) is 0.308. The molecule has 1 aromatic carbocycles. The summed E-state index contributed by atoms with van der Waals surface area (Å²) in [7, 11) is 0. The van der Waals surface area contributed by atoms with Gasteiger partial charge in [-0.2, -0.15) is 0 Å². The van der Waals surface area contributed by atoms with Crippen LogP contribution >= 0.6 is 0 Å². The molecule has 1 amide bonds. The number of nitrogens with two attached hydrogens (primary N) is 1. The Bertz CT molecular complexity index is 530. The molecule has 0 aliphatic carbocycles. The minimum absolute atomic E-state index is 0.0817. The van der Waals surface area contributed by atoms with Gasteiger partial charge >= 0.3 is 0 Å². The second kappa shape index (κ2) is 4.91. The molecule has 1 aromatic heterocycles. The topological polar surface area (TPSA) is 60.0 Å². The maximum Gasteiger partial charge on any atom is 0.221 e. The molecule has 0 atom stereocenters. The summed E-state index contributed by atoms with van der Waals surface area (Å²) in [5, 5.41) is 3.84. The van der Waals surface area contributed by atoms with Crippen LogP contribution in [0.3, 0.4) is 0 Å². The quantitative estimate of drug-likeness (QED) is 0.787. The SMILES string of the molecule is CCNC(=O)CCn1ccc2c(N)cccc21. The van der Waals surface area contributed by atoms with E-state index in [1.807, 2.05) is 37.4 Å². The lowest BCUT2D eigenvalue weighted by Crippen LogP contribution is -2.23. The first-order valence-corrected chi connectivity index (χ1v) is 5.82. The number of nitrogens with zero attached hydrogens (tertiary/aromatic N) is 1. The van der Waals surface area contributed by atoms with E-state index in [2.05, 4.69) is 9.88 Å². The average molecular weight is 231 g/mol. The number of nitrogen functional groups attached to an aromatic ring is 1.